The summed E-state index contributed by atoms with van der Waals surface area (Å²) in [7, 11) is 1.32. The van der Waals surface area contributed by atoms with E-state index in [1.54, 1.807) is 0 Å². The van der Waals surface area contributed by atoms with Crippen molar-refractivity contribution in [1.29, 1.82) is 0 Å². The van der Waals surface area contributed by atoms with E-state index >= 15 is 0 Å². The Bertz CT molecular complexity index is 1030. The molecule has 0 radical (unpaired) electrons. The number of nitrogens with zero attached hydrogens (tertiary/aromatic N) is 2. The summed E-state index contributed by atoms with van der Waals surface area (Å²) in [6.45, 7) is 6.14. The van der Waals surface area contributed by atoms with E-state index in [4.69, 9.17) is 16.3 Å². The van der Waals surface area contributed by atoms with Crippen molar-refractivity contribution >= 4 is 45.0 Å². The number of ether oxygens (including phenoxy) is 1. The van der Waals surface area contributed by atoms with Gasteiger partial charge in [-0.25, -0.2) is 4.79 Å². The lowest BCUT2D eigenvalue weighted by molar-refractivity contribution is -0.144. The number of thiophene rings is 1. The predicted molar refractivity (Wildman–Crippen MR) is 111 cm³/mol. The van der Waals surface area contributed by atoms with E-state index < -0.39 is 12.0 Å². The van der Waals surface area contributed by atoms with Crippen LogP contribution in [0.1, 0.15) is 34.8 Å². The minimum Gasteiger partial charge on any atom is -0.467 e. The van der Waals surface area contributed by atoms with Gasteiger partial charge in [0, 0.05) is 10.4 Å². The molecule has 0 aliphatic heterocycles. The van der Waals surface area contributed by atoms with Gasteiger partial charge in [-0.1, -0.05) is 43.6 Å². The van der Waals surface area contributed by atoms with Crippen molar-refractivity contribution in [2.24, 2.45) is 5.92 Å². The van der Waals surface area contributed by atoms with Crippen molar-refractivity contribution in [1.82, 2.24) is 15.1 Å². The highest BCUT2D eigenvalue weighted by Crippen LogP contribution is 2.29. The summed E-state index contributed by atoms with van der Waals surface area (Å²) in [5.41, 5.74) is 1.80. The molecule has 1 atom stereocenters. The maximum atomic E-state index is 12.7. The number of hydrogen-bond acceptors (Lipinski definition) is 5. The highest BCUT2D eigenvalue weighted by Gasteiger charge is 2.26. The van der Waals surface area contributed by atoms with E-state index in [9.17, 15) is 9.59 Å². The zero-order valence-corrected chi connectivity index (χ0v) is 17.7. The number of esters is 1. The molecular weight excluding hydrogens is 398 g/mol. The Kier molecular flexibility index (Phi) is 6.05. The molecule has 1 amide bonds. The second-order valence-electron chi connectivity index (χ2n) is 6.88. The number of rotatable bonds is 6. The third-order valence-corrected chi connectivity index (χ3v) is 6.03. The van der Waals surface area contributed by atoms with Crippen molar-refractivity contribution in [3.8, 4) is 0 Å². The maximum Gasteiger partial charge on any atom is 0.328 e. The van der Waals surface area contributed by atoms with E-state index in [1.807, 2.05) is 55.8 Å². The van der Waals surface area contributed by atoms with Crippen LogP contribution in [0.2, 0.25) is 5.02 Å². The van der Waals surface area contributed by atoms with Crippen molar-refractivity contribution in [2.75, 3.05) is 7.11 Å². The van der Waals surface area contributed by atoms with Gasteiger partial charge in [0.25, 0.3) is 5.91 Å². The van der Waals surface area contributed by atoms with Crippen molar-refractivity contribution in [2.45, 2.75) is 33.4 Å². The molecule has 6 nitrogen and oxygen atoms in total. The topological polar surface area (TPSA) is 73.2 Å². The van der Waals surface area contributed by atoms with Gasteiger partial charge in [0.05, 0.1) is 24.2 Å². The van der Waals surface area contributed by atoms with Gasteiger partial charge in [-0.05, 0) is 30.5 Å². The first kappa shape index (κ1) is 20.4. The summed E-state index contributed by atoms with van der Waals surface area (Å²) in [4.78, 5) is 26.1. The summed E-state index contributed by atoms with van der Waals surface area (Å²) in [6, 6.07) is 8.74. The first-order valence-corrected chi connectivity index (χ1v) is 10.1. The third-order valence-electron chi connectivity index (χ3n) is 4.52. The lowest BCUT2D eigenvalue weighted by atomic mass is 10.0. The molecular formula is C20H22ClN3O3S. The maximum absolute atomic E-state index is 12.7. The Morgan fingerprint density at radius 3 is 2.68 bits per heavy atom. The SMILES string of the molecule is COC(=O)[C@@H](NC(=O)c1cc2c(C)nn(Cc3ccccc3Cl)c2s1)C(C)C. The number of hydrogen-bond donors (Lipinski definition) is 1. The molecule has 28 heavy (non-hydrogen) atoms. The van der Waals surface area contributed by atoms with Gasteiger partial charge in [-0.15, -0.1) is 11.3 Å². The Balaban J connectivity index is 1.89. The number of nitrogens with one attached hydrogen (secondary N) is 1. The third kappa shape index (κ3) is 4.05. The van der Waals surface area contributed by atoms with Crippen LogP contribution < -0.4 is 5.32 Å². The molecule has 0 spiro atoms. The number of benzene rings is 1. The van der Waals surface area contributed by atoms with Gasteiger partial charge in [-0.3, -0.25) is 9.48 Å². The smallest absolute Gasteiger partial charge is 0.328 e. The van der Waals surface area contributed by atoms with Gasteiger partial charge in [0.1, 0.15) is 10.9 Å². The van der Waals surface area contributed by atoms with Crippen LogP contribution in [0.3, 0.4) is 0 Å². The fourth-order valence-electron chi connectivity index (χ4n) is 2.96. The summed E-state index contributed by atoms with van der Waals surface area (Å²) in [5, 5.41) is 8.95. The van der Waals surface area contributed by atoms with Crippen LogP contribution in [0, 0.1) is 12.8 Å². The Morgan fingerprint density at radius 2 is 2.04 bits per heavy atom. The lowest BCUT2D eigenvalue weighted by Gasteiger charge is -2.19. The van der Waals surface area contributed by atoms with Crippen LogP contribution in [-0.2, 0) is 16.1 Å². The van der Waals surface area contributed by atoms with E-state index in [0.29, 0.717) is 16.4 Å². The number of methoxy groups -OCH3 is 1. The highest BCUT2D eigenvalue weighted by molar-refractivity contribution is 7.20. The monoisotopic (exact) mass is 419 g/mol. The molecule has 0 unspecified atom stereocenters. The first-order valence-electron chi connectivity index (χ1n) is 8.90. The highest BCUT2D eigenvalue weighted by atomic mass is 35.5. The summed E-state index contributed by atoms with van der Waals surface area (Å²) in [6.07, 6.45) is 0. The molecule has 0 saturated heterocycles. The number of halogens is 1. The summed E-state index contributed by atoms with van der Waals surface area (Å²) < 4.78 is 6.65. The minimum absolute atomic E-state index is 0.0803. The van der Waals surface area contributed by atoms with Gasteiger partial charge < -0.3 is 10.1 Å². The second kappa shape index (κ2) is 8.32. The van der Waals surface area contributed by atoms with E-state index in [-0.39, 0.29) is 11.8 Å². The molecule has 0 bridgehead atoms. The second-order valence-corrected chi connectivity index (χ2v) is 8.32. The number of carbonyl (C=O) groups excluding carboxylic acids is 2. The predicted octanol–water partition coefficient (Wildman–Crippen LogP) is 4.04. The van der Waals surface area contributed by atoms with Crippen molar-refractivity contribution < 1.29 is 14.3 Å². The van der Waals surface area contributed by atoms with Crippen molar-refractivity contribution in [3.05, 3.63) is 51.5 Å². The number of aryl methyl sites for hydroxylation is 1. The summed E-state index contributed by atoms with van der Waals surface area (Å²) in [5.74, 6) is -0.831. The molecule has 8 heteroatoms. The van der Waals surface area contributed by atoms with Gasteiger partial charge in [0.2, 0.25) is 0 Å². The molecule has 1 N–H and O–H groups in total. The van der Waals surface area contributed by atoms with Gasteiger partial charge in [0.15, 0.2) is 0 Å². The molecule has 3 aromatic rings. The lowest BCUT2D eigenvalue weighted by Crippen LogP contribution is -2.44. The van der Waals surface area contributed by atoms with Crippen LogP contribution in [0.5, 0.6) is 0 Å². The Labute approximate surface area is 172 Å². The minimum atomic E-state index is -0.691. The zero-order chi connectivity index (χ0) is 20.4. The van der Waals surface area contributed by atoms with E-state index in [0.717, 1.165) is 21.5 Å². The molecule has 1 aromatic carbocycles. The zero-order valence-electron chi connectivity index (χ0n) is 16.2. The molecule has 148 valence electrons. The van der Waals surface area contributed by atoms with Crippen LogP contribution >= 0.6 is 22.9 Å². The van der Waals surface area contributed by atoms with Crippen LogP contribution in [0.25, 0.3) is 10.2 Å². The molecule has 0 fully saturated rings. The van der Waals surface area contributed by atoms with Crippen LogP contribution in [0.4, 0.5) is 0 Å². The molecule has 2 aromatic heterocycles. The van der Waals surface area contributed by atoms with Gasteiger partial charge in [-0.2, -0.15) is 5.10 Å². The van der Waals surface area contributed by atoms with Crippen LogP contribution in [-0.4, -0.2) is 34.8 Å². The Hall–Kier alpha value is -2.38. The fourth-order valence-corrected chi connectivity index (χ4v) is 4.22. The molecule has 0 aliphatic rings. The van der Waals surface area contributed by atoms with E-state index in [1.165, 1.54) is 18.4 Å². The van der Waals surface area contributed by atoms with E-state index in [2.05, 4.69) is 10.4 Å². The quantitative estimate of drug-likeness (QED) is 0.612. The molecule has 0 aliphatic carbocycles. The van der Waals surface area contributed by atoms with Crippen LogP contribution in [0.15, 0.2) is 30.3 Å². The normalized spacial score (nSPS) is 12.4. The first-order chi connectivity index (χ1) is 13.3. The molecule has 3 rings (SSSR count). The van der Waals surface area contributed by atoms with Gasteiger partial charge >= 0.3 is 5.97 Å². The number of fused-ring (bicyclic) bond motifs is 1. The molecule has 2 heterocycles. The average molecular weight is 420 g/mol. The average Bonchev–Trinajstić information content (AvgIpc) is 3.22. The Morgan fingerprint density at radius 1 is 1.32 bits per heavy atom. The largest absolute Gasteiger partial charge is 0.467 e. The number of amides is 1. The standard InChI is InChI=1S/C20H22ClN3O3S/c1-11(2)17(20(26)27-4)22-18(25)16-9-14-12(3)23-24(19(14)28-16)10-13-7-5-6-8-15(13)21/h5-9,11,17H,10H2,1-4H3,(H,22,25)/t17-/m0/s1. The number of aromatic nitrogens is 2. The fraction of sp³-hybridized carbons (Fsp3) is 0.350. The summed E-state index contributed by atoms with van der Waals surface area (Å²) >= 11 is 7.62. The number of carbonyl (C=O) groups is 2. The molecule has 0 saturated carbocycles. The van der Waals surface area contributed by atoms with Crippen molar-refractivity contribution in [3.63, 3.8) is 0 Å².